The van der Waals surface area contributed by atoms with E-state index in [1.807, 2.05) is 0 Å². The van der Waals surface area contributed by atoms with Gasteiger partial charge in [-0.15, -0.1) is 0 Å². The summed E-state index contributed by atoms with van der Waals surface area (Å²) in [4.78, 5) is 33.2. The first-order valence-electron chi connectivity index (χ1n) is 12.5. The Morgan fingerprint density at radius 2 is 1.73 bits per heavy atom. The van der Waals surface area contributed by atoms with E-state index in [1.54, 1.807) is 0 Å². The van der Waals surface area contributed by atoms with Crippen LogP contribution in [0, 0.1) is 11.3 Å². The maximum atomic E-state index is 13.4. The van der Waals surface area contributed by atoms with Crippen LogP contribution in [0.5, 0.6) is 0 Å². The quantitative estimate of drug-likeness (QED) is 0.637. The maximum Gasteiger partial charge on any atom is 0.228 e. The molecule has 4 rings (SSSR count). The van der Waals surface area contributed by atoms with E-state index in [0.29, 0.717) is 11.8 Å². The van der Waals surface area contributed by atoms with Gasteiger partial charge in [0.1, 0.15) is 0 Å². The summed E-state index contributed by atoms with van der Waals surface area (Å²) in [5, 5.41) is 0. The molecular weight excluding hydrogens is 378 g/mol. The minimum Gasteiger partial charge on any atom is -0.379 e. The minimum absolute atomic E-state index is 0.179. The zero-order valence-electron chi connectivity index (χ0n) is 18.9. The SMILES string of the molecule is CC1(C(=O)N2CCCC(N(CCCN3CCOCC3)C(=O)C3CC3)C2)CCCCC1. The second-order valence-corrected chi connectivity index (χ2v) is 10.3. The van der Waals surface area contributed by atoms with Crippen LogP contribution in [-0.4, -0.2) is 85.0 Å². The van der Waals surface area contributed by atoms with Crippen LogP contribution in [0.1, 0.15) is 71.1 Å². The number of ether oxygens (including phenoxy) is 1. The fourth-order valence-corrected chi connectivity index (χ4v) is 5.65. The second-order valence-electron chi connectivity index (χ2n) is 10.3. The largest absolute Gasteiger partial charge is 0.379 e. The van der Waals surface area contributed by atoms with Crippen molar-refractivity contribution in [1.29, 1.82) is 0 Å². The van der Waals surface area contributed by atoms with Gasteiger partial charge in [-0.25, -0.2) is 0 Å². The van der Waals surface area contributed by atoms with Gasteiger partial charge in [-0.05, 0) is 44.9 Å². The fraction of sp³-hybridized carbons (Fsp3) is 0.917. The number of carbonyl (C=O) groups is 2. The second kappa shape index (κ2) is 9.99. The van der Waals surface area contributed by atoms with Crippen molar-refractivity contribution in [2.45, 2.75) is 77.2 Å². The average molecular weight is 420 g/mol. The molecule has 4 aliphatic rings. The van der Waals surface area contributed by atoms with E-state index in [-0.39, 0.29) is 17.4 Å². The summed E-state index contributed by atoms with van der Waals surface area (Å²) in [6.45, 7) is 9.29. The molecule has 2 saturated carbocycles. The van der Waals surface area contributed by atoms with Gasteiger partial charge in [0.2, 0.25) is 11.8 Å². The van der Waals surface area contributed by atoms with E-state index in [4.69, 9.17) is 4.74 Å². The number of amides is 2. The number of carbonyl (C=O) groups excluding carboxylic acids is 2. The lowest BCUT2D eigenvalue weighted by Gasteiger charge is -2.43. The summed E-state index contributed by atoms with van der Waals surface area (Å²) in [6, 6.07) is 0.202. The monoisotopic (exact) mass is 419 g/mol. The van der Waals surface area contributed by atoms with E-state index in [1.165, 1.54) is 19.3 Å². The van der Waals surface area contributed by atoms with Crippen molar-refractivity contribution in [3.05, 3.63) is 0 Å². The molecule has 2 aliphatic heterocycles. The van der Waals surface area contributed by atoms with Crippen molar-refractivity contribution in [2.75, 3.05) is 52.5 Å². The zero-order valence-corrected chi connectivity index (χ0v) is 18.9. The van der Waals surface area contributed by atoms with Crippen LogP contribution in [-0.2, 0) is 14.3 Å². The predicted octanol–water partition coefficient (Wildman–Crippen LogP) is 2.91. The highest BCUT2D eigenvalue weighted by Gasteiger charge is 2.42. The minimum atomic E-state index is -0.179. The predicted molar refractivity (Wildman–Crippen MR) is 117 cm³/mol. The van der Waals surface area contributed by atoms with Crippen LogP contribution in [0.15, 0.2) is 0 Å². The number of hydrogen-bond acceptors (Lipinski definition) is 4. The summed E-state index contributed by atoms with van der Waals surface area (Å²) in [5.41, 5.74) is -0.179. The molecule has 1 unspecified atom stereocenters. The Morgan fingerprint density at radius 3 is 2.43 bits per heavy atom. The molecule has 30 heavy (non-hydrogen) atoms. The first-order chi connectivity index (χ1) is 14.6. The third-order valence-corrected chi connectivity index (χ3v) is 7.78. The molecule has 2 heterocycles. The maximum absolute atomic E-state index is 13.4. The van der Waals surface area contributed by atoms with Crippen molar-refractivity contribution in [2.24, 2.45) is 11.3 Å². The van der Waals surface area contributed by atoms with Crippen molar-refractivity contribution in [3.8, 4) is 0 Å². The molecule has 6 heteroatoms. The Labute approximate surface area is 182 Å². The highest BCUT2D eigenvalue weighted by Crippen LogP contribution is 2.38. The van der Waals surface area contributed by atoms with Gasteiger partial charge < -0.3 is 14.5 Å². The summed E-state index contributed by atoms with van der Waals surface area (Å²) in [6.07, 6.45) is 10.8. The van der Waals surface area contributed by atoms with Crippen molar-refractivity contribution >= 4 is 11.8 Å². The topological polar surface area (TPSA) is 53.1 Å². The van der Waals surface area contributed by atoms with Crippen LogP contribution >= 0.6 is 0 Å². The molecule has 0 N–H and O–H groups in total. The molecule has 2 aliphatic carbocycles. The molecule has 0 spiro atoms. The average Bonchev–Trinajstić information content (AvgIpc) is 3.63. The molecular formula is C24H41N3O3. The van der Waals surface area contributed by atoms with Gasteiger partial charge in [0, 0.05) is 56.6 Å². The van der Waals surface area contributed by atoms with Gasteiger partial charge in [0.15, 0.2) is 0 Å². The molecule has 2 amide bonds. The number of morpholine rings is 1. The number of likely N-dealkylation sites (tertiary alicyclic amines) is 1. The molecule has 2 saturated heterocycles. The fourth-order valence-electron chi connectivity index (χ4n) is 5.65. The number of hydrogen-bond donors (Lipinski definition) is 0. The van der Waals surface area contributed by atoms with Crippen LogP contribution in [0.3, 0.4) is 0 Å². The van der Waals surface area contributed by atoms with Gasteiger partial charge in [-0.1, -0.05) is 26.2 Å². The highest BCUT2D eigenvalue weighted by molar-refractivity contribution is 5.83. The van der Waals surface area contributed by atoms with Crippen LogP contribution in [0.25, 0.3) is 0 Å². The van der Waals surface area contributed by atoms with Crippen LogP contribution in [0.4, 0.5) is 0 Å². The molecule has 0 aromatic carbocycles. The summed E-state index contributed by atoms with van der Waals surface area (Å²) in [5.74, 6) is 0.939. The van der Waals surface area contributed by atoms with Gasteiger partial charge in [0.05, 0.1) is 13.2 Å². The molecule has 4 fully saturated rings. The molecule has 0 aromatic rings. The Bertz CT molecular complexity index is 595. The molecule has 0 radical (unpaired) electrons. The number of nitrogens with zero attached hydrogens (tertiary/aromatic N) is 3. The third-order valence-electron chi connectivity index (χ3n) is 7.78. The summed E-state index contributed by atoms with van der Waals surface area (Å²) in [7, 11) is 0. The van der Waals surface area contributed by atoms with Crippen molar-refractivity contribution in [1.82, 2.24) is 14.7 Å². The van der Waals surface area contributed by atoms with Crippen LogP contribution < -0.4 is 0 Å². The molecule has 0 bridgehead atoms. The Balaban J connectivity index is 1.35. The zero-order chi connectivity index (χ0) is 21.0. The van der Waals surface area contributed by atoms with Gasteiger partial charge in [-0.2, -0.15) is 0 Å². The highest BCUT2D eigenvalue weighted by atomic mass is 16.5. The molecule has 6 nitrogen and oxygen atoms in total. The molecule has 0 aromatic heterocycles. The first kappa shape index (κ1) is 22.1. The van der Waals surface area contributed by atoms with Crippen molar-refractivity contribution in [3.63, 3.8) is 0 Å². The summed E-state index contributed by atoms with van der Waals surface area (Å²) >= 11 is 0. The number of piperidine rings is 1. The molecule has 1 atom stereocenters. The Morgan fingerprint density at radius 1 is 1.00 bits per heavy atom. The Hall–Kier alpha value is -1.14. The standard InChI is InChI=1S/C24H41N3O3/c1-24(10-3-2-4-11-24)23(29)26-13-5-7-21(19-26)27(22(28)20-8-9-20)14-6-12-25-15-17-30-18-16-25/h20-21H,2-19H2,1H3. The third kappa shape index (κ3) is 5.37. The first-order valence-corrected chi connectivity index (χ1v) is 12.5. The molecule has 170 valence electrons. The van der Waals surface area contributed by atoms with Gasteiger partial charge in [0.25, 0.3) is 0 Å². The smallest absolute Gasteiger partial charge is 0.228 e. The van der Waals surface area contributed by atoms with E-state index in [9.17, 15) is 9.59 Å². The lowest BCUT2D eigenvalue weighted by atomic mass is 9.74. The summed E-state index contributed by atoms with van der Waals surface area (Å²) < 4.78 is 5.45. The van der Waals surface area contributed by atoms with E-state index in [0.717, 1.165) is 97.4 Å². The lowest BCUT2D eigenvalue weighted by molar-refractivity contribution is -0.148. The van der Waals surface area contributed by atoms with E-state index < -0.39 is 0 Å². The van der Waals surface area contributed by atoms with Gasteiger partial charge >= 0.3 is 0 Å². The van der Waals surface area contributed by atoms with E-state index >= 15 is 0 Å². The van der Waals surface area contributed by atoms with Crippen molar-refractivity contribution < 1.29 is 14.3 Å². The Kier molecular flexibility index (Phi) is 7.35. The van der Waals surface area contributed by atoms with Crippen LogP contribution in [0.2, 0.25) is 0 Å². The van der Waals surface area contributed by atoms with E-state index in [2.05, 4.69) is 21.6 Å². The lowest BCUT2D eigenvalue weighted by Crippen LogP contribution is -2.55. The normalized spacial score (nSPS) is 27.6. The van der Waals surface area contributed by atoms with Gasteiger partial charge in [-0.3, -0.25) is 14.5 Å². The number of rotatable bonds is 7.